The quantitative estimate of drug-likeness (QED) is 0.652. The molecule has 0 spiro atoms. The first-order valence-corrected chi connectivity index (χ1v) is 5.39. The van der Waals surface area contributed by atoms with Crippen LogP contribution in [-0.2, 0) is 4.74 Å². The van der Waals surface area contributed by atoms with Crippen molar-refractivity contribution in [2.24, 2.45) is 0 Å². The minimum absolute atomic E-state index is 0.00436. The maximum Gasteiger partial charge on any atom is 0.0634 e. The normalized spacial score (nSPS) is 25.4. The second-order valence-electron chi connectivity index (χ2n) is 4.40. The Morgan fingerprint density at radius 3 is 2.69 bits per heavy atom. The molecule has 0 radical (unpaired) electrons. The maximum absolute atomic E-state index is 6.02. The summed E-state index contributed by atoms with van der Waals surface area (Å²) in [4.78, 5) is 2.42. The zero-order valence-electron chi connectivity index (χ0n) is 8.85. The Balaban J connectivity index is 2.19. The van der Waals surface area contributed by atoms with Crippen LogP contribution in [0, 0.1) is 0 Å². The van der Waals surface area contributed by atoms with Crippen molar-refractivity contribution in [2.45, 2.75) is 37.7 Å². The molecule has 0 aromatic carbocycles. The van der Waals surface area contributed by atoms with Crippen LogP contribution in [-0.4, -0.2) is 42.6 Å². The van der Waals surface area contributed by atoms with Crippen LogP contribution in [0.3, 0.4) is 0 Å². The zero-order chi connectivity index (χ0) is 9.90. The van der Waals surface area contributed by atoms with Gasteiger partial charge in [-0.2, -0.15) is 0 Å². The van der Waals surface area contributed by atoms with E-state index >= 15 is 0 Å². The van der Waals surface area contributed by atoms with Gasteiger partial charge < -0.3 is 9.64 Å². The van der Waals surface area contributed by atoms with E-state index in [4.69, 9.17) is 16.3 Å². The van der Waals surface area contributed by atoms with E-state index in [2.05, 4.69) is 18.7 Å². The van der Waals surface area contributed by atoms with Gasteiger partial charge in [0.1, 0.15) is 0 Å². The van der Waals surface area contributed by atoms with E-state index in [1.807, 2.05) is 0 Å². The van der Waals surface area contributed by atoms with Gasteiger partial charge in [-0.1, -0.05) is 0 Å². The molecule has 13 heavy (non-hydrogen) atoms. The number of hydrogen-bond donors (Lipinski definition) is 0. The summed E-state index contributed by atoms with van der Waals surface area (Å²) in [5.74, 6) is 0. The molecule has 0 saturated carbocycles. The van der Waals surface area contributed by atoms with E-state index in [0.717, 1.165) is 32.5 Å². The summed E-state index contributed by atoms with van der Waals surface area (Å²) < 4.78 is 5.36. The van der Waals surface area contributed by atoms with E-state index in [9.17, 15) is 0 Å². The Bertz CT molecular complexity index is 161. The Morgan fingerprint density at radius 2 is 2.23 bits per heavy atom. The average molecular weight is 206 g/mol. The molecule has 0 bridgehead atoms. The highest BCUT2D eigenvalue weighted by Crippen LogP contribution is 2.18. The van der Waals surface area contributed by atoms with Crippen LogP contribution in [0.25, 0.3) is 0 Å². The Kier molecular flexibility index (Phi) is 4.02. The molecule has 3 heteroatoms. The van der Waals surface area contributed by atoms with Crippen LogP contribution >= 0.6 is 11.6 Å². The molecule has 1 aliphatic rings. The van der Waals surface area contributed by atoms with Crippen LogP contribution in [0.5, 0.6) is 0 Å². The van der Waals surface area contributed by atoms with Crippen molar-refractivity contribution >= 4 is 11.6 Å². The molecular formula is C10H20ClNO. The minimum atomic E-state index is 0.00436. The highest BCUT2D eigenvalue weighted by Gasteiger charge is 2.23. The fourth-order valence-corrected chi connectivity index (χ4v) is 1.81. The summed E-state index contributed by atoms with van der Waals surface area (Å²) in [5.41, 5.74) is 0.00436. The summed E-state index contributed by atoms with van der Waals surface area (Å²) in [6.45, 7) is 7.54. The summed E-state index contributed by atoms with van der Waals surface area (Å²) in [6, 6.07) is 0. The molecular weight excluding hydrogens is 186 g/mol. The van der Waals surface area contributed by atoms with Gasteiger partial charge in [0, 0.05) is 25.6 Å². The number of likely N-dealkylation sites (tertiary alicyclic amines) is 1. The number of methoxy groups -OCH3 is 1. The lowest BCUT2D eigenvalue weighted by molar-refractivity contribution is 0.00902. The molecule has 1 aliphatic heterocycles. The Morgan fingerprint density at radius 1 is 1.54 bits per heavy atom. The van der Waals surface area contributed by atoms with Gasteiger partial charge in [0.05, 0.1) is 5.60 Å². The third kappa shape index (κ3) is 3.84. The molecule has 78 valence electrons. The lowest BCUT2D eigenvalue weighted by Gasteiger charge is -2.25. The number of ether oxygens (including phenoxy) is 1. The number of halogens is 1. The molecule has 1 saturated heterocycles. The molecule has 2 nitrogen and oxygen atoms in total. The van der Waals surface area contributed by atoms with E-state index in [1.165, 1.54) is 0 Å². The summed E-state index contributed by atoms with van der Waals surface area (Å²) in [6.07, 6.45) is 2.21. The van der Waals surface area contributed by atoms with Gasteiger partial charge in [0.15, 0.2) is 0 Å². The standard InChI is InChI=1S/C10H20ClNO/c1-10(2,13-3)5-7-12-6-4-9(11)8-12/h9H,4-8H2,1-3H3. The predicted molar refractivity (Wildman–Crippen MR) is 56.4 cm³/mol. The Hall–Kier alpha value is 0.210. The van der Waals surface area contributed by atoms with Gasteiger partial charge in [-0.3, -0.25) is 0 Å². The third-order valence-electron chi connectivity index (χ3n) is 2.80. The van der Waals surface area contributed by atoms with Gasteiger partial charge in [0.2, 0.25) is 0 Å². The van der Waals surface area contributed by atoms with Crippen LogP contribution < -0.4 is 0 Å². The first-order valence-electron chi connectivity index (χ1n) is 4.95. The smallest absolute Gasteiger partial charge is 0.0634 e. The molecule has 0 amide bonds. The molecule has 0 aromatic rings. The largest absolute Gasteiger partial charge is 0.379 e. The average Bonchev–Trinajstić information content (AvgIpc) is 2.48. The van der Waals surface area contributed by atoms with Gasteiger partial charge in [0.25, 0.3) is 0 Å². The second kappa shape index (κ2) is 4.63. The van der Waals surface area contributed by atoms with Crippen molar-refractivity contribution in [2.75, 3.05) is 26.7 Å². The van der Waals surface area contributed by atoms with Gasteiger partial charge >= 0.3 is 0 Å². The fraction of sp³-hybridized carbons (Fsp3) is 1.00. The molecule has 1 rings (SSSR count). The zero-order valence-corrected chi connectivity index (χ0v) is 9.60. The molecule has 1 heterocycles. The van der Waals surface area contributed by atoms with Crippen molar-refractivity contribution in [3.05, 3.63) is 0 Å². The van der Waals surface area contributed by atoms with Gasteiger partial charge in [-0.25, -0.2) is 0 Å². The Labute approximate surface area is 86.2 Å². The van der Waals surface area contributed by atoms with Crippen molar-refractivity contribution < 1.29 is 4.74 Å². The number of alkyl halides is 1. The predicted octanol–water partition coefficient (Wildman–Crippen LogP) is 2.11. The first-order chi connectivity index (χ1) is 6.03. The molecule has 1 unspecified atom stereocenters. The highest BCUT2D eigenvalue weighted by molar-refractivity contribution is 6.20. The summed E-state index contributed by atoms with van der Waals surface area (Å²) >= 11 is 6.02. The fourth-order valence-electron chi connectivity index (χ4n) is 1.52. The number of nitrogens with zero attached hydrogens (tertiary/aromatic N) is 1. The summed E-state index contributed by atoms with van der Waals surface area (Å²) in [7, 11) is 1.77. The van der Waals surface area contributed by atoms with E-state index < -0.39 is 0 Å². The van der Waals surface area contributed by atoms with Crippen molar-refractivity contribution in [3.63, 3.8) is 0 Å². The number of hydrogen-bond acceptors (Lipinski definition) is 2. The van der Waals surface area contributed by atoms with Crippen molar-refractivity contribution in [1.29, 1.82) is 0 Å². The topological polar surface area (TPSA) is 12.5 Å². The van der Waals surface area contributed by atoms with Crippen LogP contribution in [0.2, 0.25) is 0 Å². The minimum Gasteiger partial charge on any atom is -0.379 e. The second-order valence-corrected chi connectivity index (χ2v) is 5.02. The van der Waals surface area contributed by atoms with Crippen molar-refractivity contribution in [1.82, 2.24) is 4.90 Å². The van der Waals surface area contributed by atoms with E-state index in [-0.39, 0.29) is 5.60 Å². The van der Waals surface area contributed by atoms with E-state index in [1.54, 1.807) is 7.11 Å². The molecule has 0 N–H and O–H groups in total. The van der Waals surface area contributed by atoms with Gasteiger partial charge in [-0.15, -0.1) is 11.6 Å². The SMILES string of the molecule is COC(C)(C)CCN1CCC(Cl)C1. The molecule has 1 fully saturated rings. The van der Waals surface area contributed by atoms with Crippen LogP contribution in [0.4, 0.5) is 0 Å². The molecule has 0 aromatic heterocycles. The lowest BCUT2D eigenvalue weighted by Crippen LogP contribution is -2.31. The molecule has 1 atom stereocenters. The lowest BCUT2D eigenvalue weighted by atomic mass is 10.1. The number of rotatable bonds is 4. The van der Waals surface area contributed by atoms with Gasteiger partial charge in [-0.05, 0) is 33.2 Å². The van der Waals surface area contributed by atoms with Crippen LogP contribution in [0.15, 0.2) is 0 Å². The molecule has 0 aliphatic carbocycles. The van der Waals surface area contributed by atoms with Crippen molar-refractivity contribution in [3.8, 4) is 0 Å². The monoisotopic (exact) mass is 205 g/mol. The first kappa shape index (κ1) is 11.3. The third-order valence-corrected chi connectivity index (χ3v) is 3.15. The van der Waals surface area contributed by atoms with Crippen LogP contribution in [0.1, 0.15) is 26.7 Å². The summed E-state index contributed by atoms with van der Waals surface area (Å²) in [5, 5.41) is 0.366. The highest BCUT2D eigenvalue weighted by atomic mass is 35.5. The van der Waals surface area contributed by atoms with E-state index in [0.29, 0.717) is 5.38 Å². The maximum atomic E-state index is 6.02.